The molecule has 1 aromatic carbocycles. The van der Waals surface area contributed by atoms with Crippen LogP contribution in [0.3, 0.4) is 0 Å². The second kappa shape index (κ2) is 5.31. The van der Waals surface area contributed by atoms with Crippen LogP contribution in [0, 0.1) is 0 Å². The predicted octanol–water partition coefficient (Wildman–Crippen LogP) is 0.761. The number of nitrogens with one attached hydrogen (secondary N) is 1. The fraction of sp³-hybridized carbons (Fsp3) is 0.250. The van der Waals surface area contributed by atoms with E-state index < -0.39 is 18.0 Å². The van der Waals surface area contributed by atoms with Gasteiger partial charge in [0.1, 0.15) is 0 Å². The van der Waals surface area contributed by atoms with E-state index in [1.54, 1.807) is 12.1 Å². The number of anilines is 1. The first-order chi connectivity index (χ1) is 8.97. The van der Waals surface area contributed by atoms with E-state index in [4.69, 9.17) is 10.5 Å². The number of esters is 1. The van der Waals surface area contributed by atoms with Crippen molar-refractivity contribution in [2.45, 2.75) is 17.9 Å². The second-order valence-electron chi connectivity index (χ2n) is 4.00. The van der Waals surface area contributed by atoms with Crippen molar-refractivity contribution in [3.05, 3.63) is 23.8 Å². The summed E-state index contributed by atoms with van der Waals surface area (Å²) in [5, 5.41) is 2.67. The van der Waals surface area contributed by atoms with Crippen LogP contribution in [0.15, 0.2) is 23.1 Å². The molecule has 1 aromatic rings. The highest BCUT2D eigenvalue weighted by Crippen LogP contribution is 2.32. The molecule has 2 rings (SSSR count). The summed E-state index contributed by atoms with van der Waals surface area (Å²) in [6, 6.07) is 4.83. The fourth-order valence-electron chi connectivity index (χ4n) is 1.50. The van der Waals surface area contributed by atoms with Gasteiger partial charge in [0.05, 0.1) is 17.0 Å². The highest BCUT2D eigenvalue weighted by atomic mass is 32.2. The number of rotatable bonds is 3. The number of hydrogen-bond donors (Lipinski definition) is 2. The van der Waals surface area contributed by atoms with Gasteiger partial charge in [-0.3, -0.25) is 9.59 Å². The predicted molar refractivity (Wildman–Crippen MR) is 69.9 cm³/mol. The first-order valence-electron chi connectivity index (χ1n) is 5.54. The number of thioether (sulfide) groups is 1. The molecule has 1 atom stereocenters. The normalized spacial score (nSPS) is 15.1. The number of carbonyl (C=O) groups excluding carboxylic acids is 3. The third-order valence-electron chi connectivity index (χ3n) is 2.53. The molecule has 100 valence electrons. The monoisotopic (exact) mass is 280 g/mol. The highest BCUT2D eigenvalue weighted by Gasteiger charge is 2.20. The number of amides is 2. The number of benzene rings is 1. The molecule has 6 nitrogen and oxygen atoms in total. The Kier molecular flexibility index (Phi) is 3.75. The van der Waals surface area contributed by atoms with Crippen molar-refractivity contribution >= 4 is 35.2 Å². The largest absolute Gasteiger partial charge is 0.449 e. The standard InChI is InChI=1S/C12H12N2O4S/c1-6(11(13)16)18-12(17)7-2-3-9-8(4-7)14-10(15)5-19-9/h2-4,6H,5H2,1H3,(H2,13,16)(H,14,15). The summed E-state index contributed by atoms with van der Waals surface area (Å²) in [5.74, 6) is -1.13. The van der Waals surface area contributed by atoms with Crippen molar-refractivity contribution < 1.29 is 19.1 Å². The smallest absolute Gasteiger partial charge is 0.338 e. The Hall–Kier alpha value is -2.02. The molecule has 7 heteroatoms. The molecule has 1 unspecified atom stereocenters. The van der Waals surface area contributed by atoms with E-state index in [1.807, 2.05) is 0 Å². The Morgan fingerprint density at radius 1 is 1.47 bits per heavy atom. The van der Waals surface area contributed by atoms with Crippen LogP contribution in [-0.2, 0) is 14.3 Å². The van der Waals surface area contributed by atoms with Gasteiger partial charge in [0.25, 0.3) is 5.91 Å². The molecule has 1 aliphatic heterocycles. The Balaban J connectivity index is 2.17. The third-order valence-corrected chi connectivity index (χ3v) is 3.61. The Bertz CT molecular complexity index is 559. The molecule has 0 spiro atoms. The highest BCUT2D eigenvalue weighted by molar-refractivity contribution is 8.00. The fourth-order valence-corrected chi connectivity index (χ4v) is 2.29. The quantitative estimate of drug-likeness (QED) is 0.796. The van der Waals surface area contributed by atoms with Gasteiger partial charge in [-0.2, -0.15) is 0 Å². The van der Waals surface area contributed by atoms with Crippen LogP contribution in [0.4, 0.5) is 5.69 Å². The van der Waals surface area contributed by atoms with Crippen LogP contribution < -0.4 is 11.1 Å². The van der Waals surface area contributed by atoms with E-state index in [-0.39, 0.29) is 11.5 Å². The summed E-state index contributed by atoms with van der Waals surface area (Å²) in [7, 11) is 0. The van der Waals surface area contributed by atoms with Gasteiger partial charge in [0.2, 0.25) is 5.91 Å². The SMILES string of the molecule is CC(OC(=O)c1ccc2c(c1)NC(=O)CS2)C(N)=O. The first kappa shape index (κ1) is 13.4. The summed E-state index contributed by atoms with van der Waals surface area (Å²) in [4.78, 5) is 34.8. The lowest BCUT2D eigenvalue weighted by atomic mass is 10.2. The molecule has 2 amide bonds. The van der Waals surface area contributed by atoms with E-state index in [0.29, 0.717) is 11.4 Å². The molecule has 0 saturated carbocycles. The second-order valence-corrected chi connectivity index (χ2v) is 5.01. The summed E-state index contributed by atoms with van der Waals surface area (Å²) in [6.07, 6.45) is -0.993. The van der Waals surface area contributed by atoms with Gasteiger partial charge in [0.15, 0.2) is 6.10 Å². The van der Waals surface area contributed by atoms with Crippen molar-refractivity contribution in [2.75, 3.05) is 11.1 Å². The minimum absolute atomic E-state index is 0.117. The molecular formula is C12H12N2O4S. The van der Waals surface area contributed by atoms with Gasteiger partial charge in [-0.1, -0.05) is 0 Å². The number of hydrogen-bond acceptors (Lipinski definition) is 5. The number of ether oxygens (including phenoxy) is 1. The van der Waals surface area contributed by atoms with Crippen molar-refractivity contribution in [2.24, 2.45) is 5.73 Å². The summed E-state index contributed by atoms with van der Waals surface area (Å²) < 4.78 is 4.88. The zero-order chi connectivity index (χ0) is 14.0. The first-order valence-corrected chi connectivity index (χ1v) is 6.53. The van der Waals surface area contributed by atoms with E-state index >= 15 is 0 Å². The number of carbonyl (C=O) groups is 3. The zero-order valence-electron chi connectivity index (χ0n) is 10.1. The summed E-state index contributed by atoms with van der Waals surface area (Å²) in [5.41, 5.74) is 5.85. The zero-order valence-corrected chi connectivity index (χ0v) is 11.0. The average molecular weight is 280 g/mol. The molecule has 0 aromatic heterocycles. The minimum Gasteiger partial charge on any atom is -0.449 e. The molecule has 0 radical (unpaired) electrons. The van der Waals surface area contributed by atoms with Crippen molar-refractivity contribution in [1.82, 2.24) is 0 Å². The average Bonchev–Trinajstić information content (AvgIpc) is 2.37. The molecule has 1 heterocycles. The van der Waals surface area contributed by atoms with Crippen LogP contribution in [0.5, 0.6) is 0 Å². The van der Waals surface area contributed by atoms with Crippen LogP contribution in [0.25, 0.3) is 0 Å². The Morgan fingerprint density at radius 3 is 2.89 bits per heavy atom. The number of primary amides is 1. The number of fused-ring (bicyclic) bond motifs is 1. The van der Waals surface area contributed by atoms with Gasteiger partial charge >= 0.3 is 5.97 Å². The van der Waals surface area contributed by atoms with E-state index in [2.05, 4.69) is 5.32 Å². The van der Waals surface area contributed by atoms with Gasteiger partial charge in [-0.05, 0) is 25.1 Å². The van der Waals surface area contributed by atoms with Crippen molar-refractivity contribution in [1.29, 1.82) is 0 Å². The lowest BCUT2D eigenvalue weighted by Crippen LogP contribution is -2.30. The summed E-state index contributed by atoms with van der Waals surface area (Å²) >= 11 is 1.40. The molecule has 0 fully saturated rings. The van der Waals surface area contributed by atoms with Crippen LogP contribution in [0.2, 0.25) is 0 Å². The van der Waals surface area contributed by atoms with Crippen LogP contribution >= 0.6 is 11.8 Å². The summed E-state index contributed by atoms with van der Waals surface area (Å²) in [6.45, 7) is 1.40. The van der Waals surface area contributed by atoms with E-state index in [1.165, 1.54) is 24.8 Å². The molecule has 19 heavy (non-hydrogen) atoms. The van der Waals surface area contributed by atoms with Gasteiger partial charge in [-0.15, -0.1) is 11.8 Å². The molecule has 0 saturated heterocycles. The van der Waals surface area contributed by atoms with Gasteiger partial charge in [-0.25, -0.2) is 4.79 Å². The molecule has 1 aliphatic rings. The minimum atomic E-state index is -0.993. The maximum atomic E-state index is 11.8. The third kappa shape index (κ3) is 3.05. The number of nitrogens with two attached hydrogens (primary N) is 1. The van der Waals surface area contributed by atoms with Crippen LogP contribution in [-0.4, -0.2) is 29.6 Å². The maximum Gasteiger partial charge on any atom is 0.338 e. The van der Waals surface area contributed by atoms with Gasteiger partial charge in [0, 0.05) is 4.90 Å². The topological polar surface area (TPSA) is 98.5 Å². The molecule has 0 bridgehead atoms. The molecular weight excluding hydrogens is 268 g/mol. The van der Waals surface area contributed by atoms with E-state index in [9.17, 15) is 14.4 Å². The van der Waals surface area contributed by atoms with Gasteiger partial charge < -0.3 is 15.8 Å². The molecule has 0 aliphatic carbocycles. The van der Waals surface area contributed by atoms with Crippen LogP contribution in [0.1, 0.15) is 17.3 Å². The molecule has 3 N–H and O–H groups in total. The maximum absolute atomic E-state index is 11.8. The Morgan fingerprint density at radius 2 is 2.21 bits per heavy atom. The van der Waals surface area contributed by atoms with Crippen molar-refractivity contribution in [3.8, 4) is 0 Å². The Labute approximate surface area is 113 Å². The van der Waals surface area contributed by atoms with Crippen molar-refractivity contribution in [3.63, 3.8) is 0 Å². The lowest BCUT2D eigenvalue weighted by Gasteiger charge is -2.17. The lowest BCUT2D eigenvalue weighted by molar-refractivity contribution is -0.125. The van der Waals surface area contributed by atoms with E-state index in [0.717, 1.165) is 4.90 Å².